The molecule has 0 aliphatic carbocycles. The molecule has 8 heteroatoms. The SMILES string of the molecule is N#CC(C#N)=Cc1ccc([N+](=O)[O-])cc1[N+](=O)[O-]. The van der Waals surface area contributed by atoms with Gasteiger partial charge in [-0.25, -0.2) is 0 Å². The number of hydrogen-bond acceptors (Lipinski definition) is 6. The zero-order chi connectivity index (χ0) is 13.7. The molecule has 0 aliphatic rings. The van der Waals surface area contributed by atoms with Gasteiger partial charge in [0.15, 0.2) is 0 Å². The van der Waals surface area contributed by atoms with Crippen molar-refractivity contribution in [3.8, 4) is 12.1 Å². The summed E-state index contributed by atoms with van der Waals surface area (Å²) in [5, 5.41) is 38.3. The summed E-state index contributed by atoms with van der Waals surface area (Å²) in [6, 6.07) is 6.05. The molecule has 0 bridgehead atoms. The quantitative estimate of drug-likeness (QED) is 0.452. The molecular weight excluding hydrogens is 240 g/mol. The van der Waals surface area contributed by atoms with Gasteiger partial charge in [-0.2, -0.15) is 10.5 Å². The summed E-state index contributed by atoms with van der Waals surface area (Å²) in [7, 11) is 0. The van der Waals surface area contributed by atoms with E-state index in [2.05, 4.69) is 0 Å². The van der Waals surface area contributed by atoms with Crippen molar-refractivity contribution in [2.24, 2.45) is 0 Å². The lowest BCUT2D eigenvalue weighted by Gasteiger charge is -1.97. The fraction of sp³-hybridized carbons (Fsp3) is 0. The Hall–Kier alpha value is -3.26. The number of benzene rings is 1. The van der Waals surface area contributed by atoms with Gasteiger partial charge in [-0.3, -0.25) is 20.2 Å². The van der Waals surface area contributed by atoms with Crippen molar-refractivity contribution in [1.82, 2.24) is 0 Å². The Balaban J connectivity index is 3.44. The van der Waals surface area contributed by atoms with Crippen LogP contribution in [0.5, 0.6) is 0 Å². The van der Waals surface area contributed by atoms with Gasteiger partial charge < -0.3 is 0 Å². The molecule has 1 aromatic rings. The van der Waals surface area contributed by atoms with E-state index in [1.165, 1.54) is 0 Å². The van der Waals surface area contributed by atoms with E-state index < -0.39 is 21.2 Å². The number of non-ortho nitro benzene ring substituents is 1. The van der Waals surface area contributed by atoms with Gasteiger partial charge >= 0.3 is 0 Å². The van der Waals surface area contributed by atoms with Crippen molar-refractivity contribution in [2.45, 2.75) is 0 Å². The molecule has 0 unspecified atom stereocenters. The Morgan fingerprint density at radius 3 is 2.22 bits per heavy atom. The smallest absolute Gasteiger partial charge is 0.258 e. The first kappa shape index (κ1) is 12.8. The third-order valence-corrected chi connectivity index (χ3v) is 1.96. The maximum atomic E-state index is 10.7. The van der Waals surface area contributed by atoms with Crippen molar-refractivity contribution in [1.29, 1.82) is 10.5 Å². The highest BCUT2D eigenvalue weighted by Gasteiger charge is 2.18. The first-order valence-corrected chi connectivity index (χ1v) is 4.44. The number of hydrogen-bond donors (Lipinski definition) is 0. The highest BCUT2D eigenvalue weighted by Crippen LogP contribution is 2.26. The molecule has 0 aromatic heterocycles. The van der Waals surface area contributed by atoms with Crippen LogP contribution in [0.25, 0.3) is 6.08 Å². The molecule has 1 rings (SSSR count). The molecule has 18 heavy (non-hydrogen) atoms. The van der Waals surface area contributed by atoms with Gasteiger partial charge in [-0.15, -0.1) is 0 Å². The number of nitrogens with zero attached hydrogens (tertiary/aromatic N) is 4. The second kappa shape index (κ2) is 5.18. The Labute approximate surface area is 100 Å². The van der Waals surface area contributed by atoms with E-state index in [-0.39, 0.29) is 11.1 Å². The molecule has 0 radical (unpaired) electrons. The first-order valence-electron chi connectivity index (χ1n) is 4.44. The summed E-state index contributed by atoms with van der Waals surface area (Å²) in [6.45, 7) is 0. The van der Waals surface area contributed by atoms with Gasteiger partial charge in [0.1, 0.15) is 17.7 Å². The zero-order valence-electron chi connectivity index (χ0n) is 8.73. The van der Waals surface area contributed by atoms with Gasteiger partial charge in [-0.05, 0) is 12.1 Å². The van der Waals surface area contributed by atoms with E-state index >= 15 is 0 Å². The lowest BCUT2D eigenvalue weighted by molar-refractivity contribution is -0.394. The molecule has 0 saturated heterocycles. The summed E-state index contributed by atoms with van der Waals surface area (Å²) >= 11 is 0. The predicted molar refractivity (Wildman–Crippen MR) is 59.0 cm³/mol. The number of nitro benzene ring substituents is 2. The van der Waals surface area contributed by atoms with Gasteiger partial charge in [-0.1, -0.05) is 0 Å². The highest BCUT2D eigenvalue weighted by atomic mass is 16.6. The topological polar surface area (TPSA) is 134 Å². The molecule has 0 saturated carbocycles. The Morgan fingerprint density at radius 2 is 1.78 bits per heavy atom. The van der Waals surface area contributed by atoms with E-state index in [4.69, 9.17) is 10.5 Å². The number of allylic oxidation sites excluding steroid dienone is 1. The number of nitriles is 2. The Morgan fingerprint density at radius 1 is 1.17 bits per heavy atom. The third-order valence-electron chi connectivity index (χ3n) is 1.96. The number of nitro groups is 2. The lowest BCUT2D eigenvalue weighted by Crippen LogP contribution is -1.95. The van der Waals surface area contributed by atoms with Crippen LogP contribution in [0.4, 0.5) is 11.4 Å². The van der Waals surface area contributed by atoms with Crippen LogP contribution in [0.2, 0.25) is 0 Å². The maximum Gasteiger partial charge on any atom is 0.283 e. The minimum atomic E-state index is -0.814. The highest BCUT2D eigenvalue weighted by molar-refractivity contribution is 5.70. The van der Waals surface area contributed by atoms with Crippen LogP contribution >= 0.6 is 0 Å². The van der Waals surface area contributed by atoms with E-state index in [0.29, 0.717) is 0 Å². The molecule has 0 atom stereocenters. The van der Waals surface area contributed by atoms with Crippen molar-refractivity contribution in [3.63, 3.8) is 0 Å². The van der Waals surface area contributed by atoms with Crippen LogP contribution in [0, 0.1) is 42.9 Å². The van der Waals surface area contributed by atoms with E-state index in [1.54, 1.807) is 12.1 Å². The second-order valence-corrected chi connectivity index (χ2v) is 3.04. The third kappa shape index (κ3) is 2.65. The molecule has 8 nitrogen and oxygen atoms in total. The molecule has 0 aliphatic heterocycles. The standard InChI is InChI=1S/C10H4N4O4/c11-5-7(6-12)3-8-1-2-9(13(15)16)4-10(8)14(17)18/h1-4H. The van der Waals surface area contributed by atoms with Crippen molar-refractivity contribution in [2.75, 3.05) is 0 Å². The van der Waals surface area contributed by atoms with Crippen LogP contribution in [-0.4, -0.2) is 9.85 Å². The van der Waals surface area contributed by atoms with Crippen molar-refractivity contribution in [3.05, 3.63) is 49.6 Å². The minimum Gasteiger partial charge on any atom is -0.258 e. The van der Waals surface area contributed by atoms with E-state index in [0.717, 1.165) is 24.3 Å². The minimum absolute atomic E-state index is 0.0382. The normalized spacial score (nSPS) is 8.78. The fourth-order valence-electron chi connectivity index (χ4n) is 1.17. The average molecular weight is 244 g/mol. The molecule has 0 fully saturated rings. The van der Waals surface area contributed by atoms with Crippen LogP contribution in [-0.2, 0) is 0 Å². The predicted octanol–water partition coefficient (Wildman–Crippen LogP) is 1.93. The van der Waals surface area contributed by atoms with Crippen molar-refractivity contribution >= 4 is 17.5 Å². The molecule has 0 heterocycles. The molecule has 0 N–H and O–H groups in total. The summed E-state index contributed by atoms with van der Waals surface area (Å²) in [4.78, 5) is 19.6. The van der Waals surface area contributed by atoms with Gasteiger partial charge in [0, 0.05) is 6.07 Å². The van der Waals surface area contributed by atoms with Gasteiger partial charge in [0.25, 0.3) is 11.4 Å². The maximum absolute atomic E-state index is 10.7. The second-order valence-electron chi connectivity index (χ2n) is 3.04. The molecule has 0 amide bonds. The van der Waals surface area contributed by atoms with Crippen LogP contribution in [0.15, 0.2) is 23.8 Å². The molecule has 1 aromatic carbocycles. The van der Waals surface area contributed by atoms with Crippen LogP contribution in [0.1, 0.15) is 5.56 Å². The molecular formula is C10H4N4O4. The summed E-state index contributed by atoms with van der Waals surface area (Å²) in [5.74, 6) is 0. The average Bonchev–Trinajstić information content (AvgIpc) is 2.35. The monoisotopic (exact) mass is 244 g/mol. The van der Waals surface area contributed by atoms with Gasteiger partial charge in [0.2, 0.25) is 0 Å². The lowest BCUT2D eigenvalue weighted by atomic mass is 10.1. The largest absolute Gasteiger partial charge is 0.283 e. The summed E-state index contributed by atoms with van der Waals surface area (Å²) in [5.41, 5.74) is -1.34. The van der Waals surface area contributed by atoms with Crippen LogP contribution < -0.4 is 0 Å². The summed E-state index contributed by atoms with van der Waals surface area (Å²) in [6.07, 6.45) is 1.00. The van der Waals surface area contributed by atoms with Gasteiger partial charge in [0.05, 0.1) is 21.5 Å². The molecule has 0 spiro atoms. The number of rotatable bonds is 3. The Kier molecular flexibility index (Phi) is 3.69. The fourth-order valence-corrected chi connectivity index (χ4v) is 1.17. The van der Waals surface area contributed by atoms with E-state index in [9.17, 15) is 20.2 Å². The first-order chi connectivity index (χ1) is 8.49. The van der Waals surface area contributed by atoms with E-state index in [1.807, 2.05) is 0 Å². The molecule has 88 valence electrons. The van der Waals surface area contributed by atoms with Crippen molar-refractivity contribution < 1.29 is 9.85 Å². The van der Waals surface area contributed by atoms with Crippen LogP contribution in [0.3, 0.4) is 0 Å². The zero-order valence-corrected chi connectivity index (χ0v) is 8.73. The summed E-state index contributed by atoms with van der Waals surface area (Å²) < 4.78 is 0. The Bertz CT molecular complexity index is 620.